The minimum absolute atomic E-state index is 0.144. The lowest BCUT2D eigenvalue weighted by molar-refractivity contribution is -0.238. The Hall–Kier alpha value is -1.33. The lowest BCUT2D eigenvalue weighted by Crippen LogP contribution is -2.54. The van der Waals surface area contributed by atoms with E-state index in [0.29, 0.717) is 18.4 Å². The molecule has 34 heavy (non-hydrogen) atoms. The average molecular weight is 485 g/mol. The first-order chi connectivity index (χ1) is 16.3. The molecule has 2 saturated heterocycles. The molecule has 2 heterocycles. The molecule has 5 N–H and O–H groups in total. The summed E-state index contributed by atoms with van der Waals surface area (Å²) in [6.45, 7) is 11.5. The molecule has 9 nitrogen and oxygen atoms in total. The SMILES string of the molecule is C=C(/C(O)=C(\CC)C(=O)CC)C(CCO)OC1CC(NCCCCC2NCCO2)C(O)C(C)O1. The predicted octanol–water partition coefficient (Wildman–Crippen LogP) is 2.08. The van der Waals surface area contributed by atoms with Crippen LogP contribution in [0.1, 0.15) is 65.7 Å². The number of hydrogen-bond donors (Lipinski definition) is 5. The Bertz CT molecular complexity index is 678. The molecule has 0 aromatic heterocycles. The van der Waals surface area contributed by atoms with Gasteiger partial charge in [0.1, 0.15) is 12.0 Å². The zero-order chi connectivity index (χ0) is 25.1. The Morgan fingerprint density at radius 1 is 1.29 bits per heavy atom. The molecular formula is C25H44N2O7. The highest BCUT2D eigenvalue weighted by atomic mass is 16.7. The number of carbonyl (C=O) groups excluding carboxylic acids is 1. The van der Waals surface area contributed by atoms with Gasteiger partial charge >= 0.3 is 0 Å². The summed E-state index contributed by atoms with van der Waals surface area (Å²) in [6.07, 6.45) is 1.85. The number of aliphatic hydroxyl groups excluding tert-OH is 3. The van der Waals surface area contributed by atoms with E-state index in [-0.39, 0.29) is 48.8 Å². The molecule has 0 spiro atoms. The third-order valence-electron chi connectivity index (χ3n) is 6.50. The fraction of sp³-hybridized carbons (Fsp3) is 0.800. The van der Waals surface area contributed by atoms with E-state index in [1.54, 1.807) is 20.8 Å². The number of hydrogen-bond acceptors (Lipinski definition) is 9. The molecule has 6 atom stereocenters. The summed E-state index contributed by atoms with van der Waals surface area (Å²) >= 11 is 0. The first kappa shape index (κ1) is 28.9. The van der Waals surface area contributed by atoms with Gasteiger partial charge in [0, 0.05) is 49.6 Å². The second-order valence-electron chi connectivity index (χ2n) is 8.99. The van der Waals surface area contributed by atoms with Crippen molar-refractivity contribution in [2.24, 2.45) is 0 Å². The summed E-state index contributed by atoms with van der Waals surface area (Å²) in [5, 5.41) is 37.6. The monoisotopic (exact) mass is 484 g/mol. The Labute approximate surface area is 203 Å². The first-order valence-corrected chi connectivity index (χ1v) is 12.6. The molecule has 196 valence electrons. The van der Waals surface area contributed by atoms with Crippen LogP contribution in [0.5, 0.6) is 0 Å². The molecule has 2 rings (SSSR count). The number of rotatable bonds is 15. The van der Waals surface area contributed by atoms with Crippen LogP contribution in [0, 0.1) is 0 Å². The maximum absolute atomic E-state index is 12.2. The normalized spacial score (nSPS) is 29.0. The molecule has 0 amide bonds. The summed E-state index contributed by atoms with van der Waals surface area (Å²) in [6, 6.07) is -0.213. The molecule has 0 radical (unpaired) electrons. The molecule has 0 bridgehead atoms. The molecule has 6 unspecified atom stereocenters. The van der Waals surface area contributed by atoms with Crippen LogP contribution in [-0.2, 0) is 19.0 Å². The van der Waals surface area contributed by atoms with E-state index >= 15 is 0 Å². The number of unbranched alkanes of at least 4 members (excludes halogenated alkanes) is 1. The van der Waals surface area contributed by atoms with Crippen molar-refractivity contribution in [1.82, 2.24) is 10.6 Å². The van der Waals surface area contributed by atoms with Gasteiger partial charge in [-0.3, -0.25) is 10.1 Å². The van der Waals surface area contributed by atoms with Gasteiger partial charge in [0.2, 0.25) is 0 Å². The van der Waals surface area contributed by atoms with Crippen molar-refractivity contribution in [3.05, 3.63) is 23.5 Å². The number of Topliss-reactive ketones (excluding diaryl/α,β-unsaturated/α-hetero) is 1. The minimum Gasteiger partial charge on any atom is -0.507 e. The van der Waals surface area contributed by atoms with Crippen LogP contribution in [-0.4, -0.2) is 84.3 Å². The molecule has 2 aliphatic rings. The van der Waals surface area contributed by atoms with Gasteiger partial charge in [-0.1, -0.05) is 20.4 Å². The Kier molecular flexibility index (Phi) is 12.7. The maximum Gasteiger partial charge on any atom is 0.162 e. The van der Waals surface area contributed by atoms with Crippen molar-refractivity contribution < 1.29 is 34.3 Å². The topological polar surface area (TPSA) is 130 Å². The standard InChI is InChI=1S/C25H44N2O7/c1-5-18(20(29)6-2)24(30)16(3)21(10-13-28)34-23-15-19(25(31)17(4)33-23)26-11-8-7-9-22-27-12-14-32-22/h17,19,21-23,25-28,30-31H,3,5-15H2,1-2,4H3/b24-18-. The van der Waals surface area contributed by atoms with Gasteiger partial charge in [-0.05, 0) is 39.2 Å². The van der Waals surface area contributed by atoms with Crippen LogP contribution < -0.4 is 10.6 Å². The van der Waals surface area contributed by atoms with E-state index in [0.717, 1.165) is 39.0 Å². The zero-order valence-electron chi connectivity index (χ0n) is 20.9. The molecule has 0 saturated carbocycles. The van der Waals surface area contributed by atoms with Crippen molar-refractivity contribution in [3.8, 4) is 0 Å². The number of allylic oxidation sites excluding steroid dienone is 1. The summed E-state index contributed by atoms with van der Waals surface area (Å²) in [5.41, 5.74) is 0.562. The lowest BCUT2D eigenvalue weighted by atomic mass is 9.97. The second kappa shape index (κ2) is 14.9. The Morgan fingerprint density at radius 3 is 2.68 bits per heavy atom. The van der Waals surface area contributed by atoms with E-state index in [1.165, 1.54) is 0 Å². The van der Waals surface area contributed by atoms with Crippen LogP contribution in [0.15, 0.2) is 23.5 Å². The number of carbonyl (C=O) groups is 1. The van der Waals surface area contributed by atoms with Crippen LogP contribution in [0.2, 0.25) is 0 Å². The smallest absolute Gasteiger partial charge is 0.162 e. The summed E-state index contributed by atoms with van der Waals surface area (Å²) < 4.78 is 17.5. The molecule has 9 heteroatoms. The van der Waals surface area contributed by atoms with E-state index in [9.17, 15) is 20.1 Å². The van der Waals surface area contributed by atoms with Crippen LogP contribution in [0.3, 0.4) is 0 Å². The highest BCUT2D eigenvalue weighted by Gasteiger charge is 2.37. The molecule has 0 aromatic rings. The van der Waals surface area contributed by atoms with Gasteiger partial charge in [-0.15, -0.1) is 0 Å². The quantitative estimate of drug-likeness (QED) is 0.103. The third kappa shape index (κ3) is 8.41. The number of ketones is 1. The highest BCUT2D eigenvalue weighted by molar-refractivity contribution is 5.96. The van der Waals surface area contributed by atoms with Crippen molar-refractivity contribution in [2.75, 3.05) is 26.3 Å². The molecule has 0 aliphatic carbocycles. The number of aliphatic hydroxyl groups is 3. The van der Waals surface area contributed by atoms with Crippen LogP contribution in [0.4, 0.5) is 0 Å². The van der Waals surface area contributed by atoms with Gasteiger partial charge in [-0.2, -0.15) is 0 Å². The van der Waals surface area contributed by atoms with E-state index in [1.807, 2.05) is 0 Å². The van der Waals surface area contributed by atoms with Crippen molar-refractivity contribution >= 4 is 5.78 Å². The van der Waals surface area contributed by atoms with Gasteiger partial charge in [0.25, 0.3) is 0 Å². The lowest BCUT2D eigenvalue weighted by Gasteiger charge is -2.39. The van der Waals surface area contributed by atoms with Crippen molar-refractivity contribution in [1.29, 1.82) is 0 Å². The number of ether oxygens (including phenoxy) is 3. The van der Waals surface area contributed by atoms with E-state index < -0.39 is 24.6 Å². The summed E-state index contributed by atoms with van der Waals surface area (Å²) in [5.74, 6) is -0.318. The molecular weight excluding hydrogens is 440 g/mol. The van der Waals surface area contributed by atoms with Crippen LogP contribution >= 0.6 is 0 Å². The van der Waals surface area contributed by atoms with Gasteiger partial charge in [0.15, 0.2) is 12.1 Å². The summed E-state index contributed by atoms with van der Waals surface area (Å²) in [7, 11) is 0. The van der Waals surface area contributed by atoms with Crippen molar-refractivity contribution in [3.63, 3.8) is 0 Å². The highest BCUT2D eigenvalue weighted by Crippen LogP contribution is 2.27. The summed E-state index contributed by atoms with van der Waals surface area (Å²) in [4.78, 5) is 12.2. The van der Waals surface area contributed by atoms with Gasteiger partial charge < -0.3 is 34.8 Å². The molecule has 2 aliphatic heterocycles. The Balaban J connectivity index is 1.94. The average Bonchev–Trinajstić information content (AvgIpc) is 3.34. The van der Waals surface area contributed by atoms with Gasteiger partial charge in [-0.25, -0.2) is 0 Å². The fourth-order valence-electron chi connectivity index (χ4n) is 4.43. The second-order valence-corrected chi connectivity index (χ2v) is 8.99. The molecule has 2 fully saturated rings. The van der Waals surface area contributed by atoms with E-state index in [4.69, 9.17) is 14.2 Å². The third-order valence-corrected chi connectivity index (χ3v) is 6.50. The van der Waals surface area contributed by atoms with Crippen molar-refractivity contribution in [2.45, 2.75) is 103 Å². The Morgan fingerprint density at radius 2 is 2.06 bits per heavy atom. The maximum atomic E-state index is 12.2. The predicted molar refractivity (Wildman–Crippen MR) is 129 cm³/mol. The molecule has 0 aromatic carbocycles. The van der Waals surface area contributed by atoms with E-state index in [2.05, 4.69) is 17.2 Å². The van der Waals surface area contributed by atoms with Gasteiger partial charge in [0.05, 0.1) is 24.9 Å². The zero-order valence-corrected chi connectivity index (χ0v) is 20.9. The first-order valence-electron chi connectivity index (χ1n) is 12.6. The largest absolute Gasteiger partial charge is 0.507 e. The fourth-order valence-corrected chi connectivity index (χ4v) is 4.43. The van der Waals surface area contributed by atoms with Crippen LogP contribution in [0.25, 0.3) is 0 Å². The minimum atomic E-state index is -0.719. The number of nitrogens with one attached hydrogen (secondary N) is 2.